The first-order valence-corrected chi connectivity index (χ1v) is 7.22. The molecule has 0 radical (unpaired) electrons. The van der Waals surface area contributed by atoms with Crippen LogP contribution in [0.3, 0.4) is 0 Å². The van der Waals surface area contributed by atoms with E-state index in [1.165, 1.54) is 0 Å². The molecular weight excluding hydrogens is 305 g/mol. The Morgan fingerprint density at radius 2 is 1.71 bits per heavy atom. The summed E-state index contributed by atoms with van der Waals surface area (Å²) in [4.78, 5) is 0. The zero-order valence-corrected chi connectivity index (χ0v) is 12.6. The molecule has 0 amide bonds. The van der Waals surface area contributed by atoms with E-state index < -0.39 is 0 Å². The lowest BCUT2D eigenvalue weighted by molar-refractivity contribution is 0.700. The van der Waals surface area contributed by atoms with Crippen molar-refractivity contribution in [1.29, 1.82) is 0 Å². The minimum Gasteiger partial charge on any atom is -0.384 e. The van der Waals surface area contributed by atoms with Gasteiger partial charge in [-0.2, -0.15) is 5.10 Å². The summed E-state index contributed by atoms with van der Waals surface area (Å²) < 4.78 is 1.75. The maximum atomic E-state index is 6.19. The lowest BCUT2D eigenvalue weighted by Crippen LogP contribution is -2.05. The van der Waals surface area contributed by atoms with E-state index in [2.05, 4.69) is 5.10 Å². The van der Waals surface area contributed by atoms with Crippen molar-refractivity contribution in [1.82, 2.24) is 9.78 Å². The summed E-state index contributed by atoms with van der Waals surface area (Å²) in [6.07, 6.45) is 0. The van der Waals surface area contributed by atoms with Gasteiger partial charge in [-0.15, -0.1) is 0 Å². The van der Waals surface area contributed by atoms with Gasteiger partial charge in [0.05, 0.1) is 17.3 Å². The average molecular weight is 318 g/mol. The number of nitrogens with zero attached hydrogens (tertiary/aromatic N) is 2. The van der Waals surface area contributed by atoms with Crippen LogP contribution in [0.15, 0.2) is 54.6 Å². The minimum atomic E-state index is 0.591. The molecule has 0 aliphatic rings. The van der Waals surface area contributed by atoms with Crippen molar-refractivity contribution in [2.45, 2.75) is 6.54 Å². The van der Waals surface area contributed by atoms with Crippen LogP contribution in [-0.2, 0) is 6.54 Å². The summed E-state index contributed by atoms with van der Waals surface area (Å²) in [5, 5.41) is 5.91. The predicted octanol–water partition coefficient (Wildman–Crippen LogP) is 4.49. The van der Waals surface area contributed by atoms with Gasteiger partial charge in [0.2, 0.25) is 0 Å². The molecule has 2 aromatic carbocycles. The second-order valence-corrected chi connectivity index (χ2v) is 5.56. The molecular formula is C16H13Cl2N3. The Labute approximate surface area is 132 Å². The van der Waals surface area contributed by atoms with Gasteiger partial charge in [0.15, 0.2) is 0 Å². The van der Waals surface area contributed by atoms with E-state index in [1.54, 1.807) is 4.68 Å². The van der Waals surface area contributed by atoms with Crippen LogP contribution in [0.4, 0.5) is 5.82 Å². The van der Waals surface area contributed by atoms with Gasteiger partial charge >= 0.3 is 0 Å². The third-order valence-corrected chi connectivity index (χ3v) is 3.79. The average Bonchev–Trinajstić information content (AvgIpc) is 2.83. The molecule has 0 bridgehead atoms. The van der Waals surface area contributed by atoms with Crippen LogP contribution in [0.25, 0.3) is 11.3 Å². The van der Waals surface area contributed by atoms with E-state index in [9.17, 15) is 0 Å². The lowest BCUT2D eigenvalue weighted by Gasteiger charge is -2.04. The predicted molar refractivity (Wildman–Crippen MR) is 87.6 cm³/mol. The summed E-state index contributed by atoms with van der Waals surface area (Å²) in [7, 11) is 0. The summed E-state index contributed by atoms with van der Waals surface area (Å²) in [5.41, 5.74) is 8.77. The second kappa shape index (κ2) is 5.80. The van der Waals surface area contributed by atoms with Crippen molar-refractivity contribution < 1.29 is 0 Å². The van der Waals surface area contributed by atoms with E-state index in [0.29, 0.717) is 22.4 Å². The van der Waals surface area contributed by atoms with Gasteiger partial charge in [0.25, 0.3) is 0 Å². The summed E-state index contributed by atoms with van der Waals surface area (Å²) >= 11 is 12.1. The molecule has 3 rings (SSSR count). The van der Waals surface area contributed by atoms with Crippen LogP contribution in [0.2, 0.25) is 10.0 Å². The Kier molecular flexibility index (Phi) is 3.86. The molecule has 0 saturated carbocycles. The smallest absolute Gasteiger partial charge is 0.122 e. The molecule has 0 fully saturated rings. The maximum absolute atomic E-state index is 6.19. The van der Waals surface area contributed by atoms with E-state index in [-0.39, 0.29) is 0 Å². The number of nitrogens with two attached hydrogens (primary N) is 1. The van der Waals surface area contributed by atoms with Crippen LogP contribution in [0, 0.1) is 0 Å². The van der Waals surface area contributed by atoms with Gasteiger partial charge in [-0.1, -0.05) is 53.5 Å². The number of aromatic nitrogens is 2. The van der Waals surface area contributed by atoms with Gasteiger partial charge in [-0.3, -0.25) is 0 Å². The van der Waals surface area contributed by atoms with Crippen molar-refractivity contribution in [3.63, 3.8) is 0 Å². The number of hydrogen-bond acceptors (Lipinski definition) is 2. The molecule has 1 aromatic heterocycles. The topological polar surface area (TPSA) is 43.8 Å². The first kappa shape index (κ1) is 14.0. The Hall–Kier alpha value is -1.97. The quantitative estimate of drug-likeness (QED) is 0.773. The van der Waals surface area contributed by atoms with Crippen LogP contribution in [0.1, 0.15) is 5.56 Å². The van der Waals surface area contributed by atoms with Crippen LogP contribution in [0.5, 0.6) is 0 Å². The molecule has 3 aromatic rings. The molecule has 0 aliphatic heterocycles. The second-order valence-electron chi connectivity index (χ2n) is 4.72. The molecule has 21 heavy (non-hydrogen) atoms. The summed E-state index contributed by atoms with van der Waals surface area (Å²) in [5.74, 6) is 0.597. The van der Waals surface area contributed by atoms with Crippen LogP contribution < -0.4 is 5.73 Å². The number of hydrogen-bond donors (Lipinski definition) is 1. The summed E-state index contributed by atoms with van der Waals surface area (Å²) in [6.45, 7) is 0.591. The normalized spacial score (nSPS) is 10.8. The standard InChI is InChI=1S/C16H13Cl2N3/c17-12-7-5-11(6-8-12)10-21-16(19)9-15(20-21)13-3-1-2-4-14(13)18/h1-9H,10,19H2. The molecule has 5 heteroatoms. The van der Waals surface area contributed by atoms with Crippen molar-refractivity contribution in [2.24, 2.45) is 0 Å². The Morgan fingerprint density at radius 1 is 1.00 bits per heavy atom. The molecule has 0 saturated heterocycles. The molecule has 3 nitrogen and oxygen atoms in total. The molecule has 106 valence electrons. The van der Waals surface area contributed by atoms with Crippen molar-refractivity contribution in [3.8, 4) is 11.3 Å². The highest BCUT2D eigenvalue weighted by atomic mass is 35.5. The van der Waals surface area contributed by atoms with E-state index in [1.807, 2.05) is 54.6 Å². The van der Waals surface area contributed by atoms with Gasteiger partial charge in [-0.25, -0.2) is 4.68 Å². The number of nitrogen functional groups attached to an aromatic ring is 1. The van der Waals surface area contributed by atoms with Crippen molar-refractivity contribution in [2.75, 3.05) is 5.73 Å². The number of anilines is 1. The molecule has 2 N–H and O–H groups in total. The number of benzene rings is 2. The molecule has 0 aliphatic carbocycles. The summed E-state index contributed by atoms with van der Waals surface area (Å²) in [6, 6.07) is 17.0. The van der Waals surface area contributed by atoms with Gasteiger partial charge in [0.1, 0.15) is 5.82 Å². The zero-order valence-electron chi connectivity index (χ0n) is 11.1. The van der Waals surface area contributed by atoms with Crippen molar-refractivity contribution in [3.05, 3.63) is 70.2 Å². The SMILES string of the molecule is Nc1cc(-c2ccccc2Cl)nn1Cc1ccc(Cl)cc1. The lowest BCUT2D eigenvalue weighted by atomic mass is 10.1. The fourth-order valence-electron chi connectivity index (χ4n) is 2.12. The Morgan fingerprint density at radius 3 is 2.43 bits per heavy atom. The maximum Gasteiger partial charge on any atom is 0.122 e. The fourth-order valence-corrected chi connectivity index (χ4v) is 2.48. The number of rotatable bonds is 3. The van der Waals surface area contributed by atoms with Crippen LogP contribution in [-0.4, -0.2) is 9.78 Å². The monoisotopic (exact) mass is 317 g/mol. The van der Waals surface area contributed by atoms with Crippen LogP contribution >= 0.6 is 23.2 Å². The number of halogens is 2. The Bertz CT molecular complexity index is 763. The highest BCUT2D eigenvalue weighted by molar-refractivity contribution is 6.33. The molecule has 1 heterocycles. The first-order chi connectivity index (χ1) is 10.1. The highest BCUT2D eigenvalue weighted by Gasteiger charge is 2.10. The Balaban J connectivity index is 1.91. The third kappa shape index (κ3) is 3.04. The third-order valence-electron chi connectivity index (χ3n) is 3.21. The van der Waals surface area contributed by atoms with E-state index in [4.69, 9.17) is 28.9 Å². The van der Waals surface area contributed by atoms with Gasteiger partial charge in [0, 0.05) is 16.7 Å². The first-order valence-electron chi connectivity index (χ1n) is 6.46. The fraction of sp³-hybridized carbons (Fsp3) is 0.0625. The van der Waals surface area contributed by atoms with Crippen molar-refractivity contribution >= 4 is 29.0 Å². The van der Waals surface area contributed by atoms with E-state index >= 15 is 0 Å². The molecule has 0 atom stereocenters. The zero-order chi connectivity index (χ0) is 14.8. The van der Waals surface area contributed by atoms with Gasteiger partial charge in [-0.05, 0) is 23.8 Å². The molecule has 0 unspecified atom stereocenters. The highest BCUT2D eigenvalue weighted by Crippen LogP contribution is 2.28. The molecule has 0 spiro atoms. The minimum absolute atomic E-state index is 0.591. The van der Waals surface area contributed by atoms with Gasteiger partial charge < -0.3 is 5.73 Å². The largest absolute Gasteiger partial charge is 0.384 e. The van der Waals surface area contributed by atoms with E-state index in [0.717, 1.165) is 16.8 Å².